The van der Waals surface area contributed by atoms with Gasteiger partial charge in [-0.2, -0.15) is 10.2 Å². The van der Waals surface area contributed by atoms with Crippen LogP contribution < -0.4 is 0 Å². The molecule has 4 rings (SSSR count). The summed E-state index contributed by atoms with van der Waals surface area (Å²) in [4.78, 5) is 19.2. The van der Waals surface area contributed by atoms with E-state index >= 15 is 0 Å². The molecule has 3 aromatic rings. The van der Waals surface area contributed by atoms with Crippen LogP contribution in [0.5, 0.6) is 0 Å². The van der Waals surface area contributed by atoms with Crippen molar-refractivity contribution in [3.63, 3.8) is 0 Å². The number of nitrogens with zero attached hydrogens (tertiary/aromatic N) is 6. The summed E-state index contributed by atoms with van der Waals surface area (Å²) in [7, 11) is 1.91. The molecule has 0 radical (unpaired) electrons. The van der Waals surface area contributed by atoms with Gasteiger partial charge in [0.15, 0.2) is 5.69 Å². The summed E-state index contributed by atoms with van der Waals surface area (Å²) in [5.41, 5.74) is 4.55. The molecule has 0 fully saturated rings. The molecule has 0 amide bonds. The molecule has 8 heteroatoms. The second-order valence-electron chi connectivity index (χ2n) is 6.96. The fraction of sp³-hybridized carbons (Fsp3) is 0.400. The lowest BCUT2D eigenvalue weighted by atomic mass is 10.0. The molecule has 1 aliphatic heterocycles. The highest BCUT2D eigenvalue weighted by molar-refractivity contribution is 5.89. The van der Waals surface area contributed by atoms with Crippen LogP contribution in [0.25, 0.3) is 0 Å². The van der Waals surface area contributed by atoms with Gasteiger partial charge in [0.25, 0.3) is 0 Å². The van der Waals surface area contributed by atoms with Gasteiger partial charge in [-0.05, 0) is 19.1 Å². The van der Waals surface area contributed by atoms with Gasteiger partial charge in [-0.3, -0.25) is 19.2 Å². The summed E-state index contributed by atoms with van der Waals surface area (Å²) in [5, 5.41) is 8.85. The number of fused-ring (bicyclic) bond motifs is 1. The summed E-state index contributed by atoms with van der Waals surface area (Å²) < 4.78 is 8.97. The highest BCUT2D eigenvalue weighted by atomic mass is 16.5. The molecule has 28 heavy (non-hydrogen) atoms. The van der Waals surface area contributed by atoms with E-state index in [2.05, 4.69) is 20.1 Å². The Balaban J connectivity index is 1.61. The van der Waals surface area contributed by atoms with Crippen molar-refractivity contribution in [1.82, 2.24) is 29.4 Å². The van der Waals surface area contributed by atoms with Crippen LogP contribution in [0.15, 0.2) is 36.8 Å². The first-order chi connectivity index (χ1) is 13.6. The molecular weight excluding hydrogens is 356 g/mol. The first-order valence-corrected chi connectivity index (χ1v) is 9.49. The van der Waals surface area contributed by atoms with E-state index in [0.29, 0.717) is 25.4 Å². The average molecular weight is 380 g/mol. The Labute approximate surface area is 163 Å². The van der Waals surface area contributed by atoms with Crippen LogP contribution in [0.4, 0.5) is 0 Å². The fourth-order valence-electron chi connectivity index (χ4n) is 3.63. The van der Waals surface area contributed by atoms with Crippen molar-refractivity contribution < 1.29 is 9.53 Å². The van der Waals surface area contributed by atoms with Crippen LogP contribution in [-0.4, -0.2) is 48.6 Å². The molecule has 1 aliphatic rings. The predicted molar refractivity (Wildman–Crippen MR) is 103 cm³/mol. The standard InChI is InChI=1S/C20H24N6O2/c1-3-28-20(27)19-17-14-25(12-15-10-22-24(2)11-15)9-7-18(17)26(23-19)13-16-6-4-5-8-21-16/h4-6,8,10-11H,3,7,9,12-14H2,1-2H3. The van der Waals surface area contributed by atoms with Crippen molar-refractivity contribution in [1.29, 1.82) is 0 Å². The second kappa shape index (κ2) is 7.93. The largest absolute Gasteiger partial charge is 0.461 e. The number of hydrogen-bond donors (Lipinski definition) is 0. The number of pyridine rings is 1. The lowest BCUT2D eigenvalue weighted by Gasteiger charge is -2.27. The minimum atomic E-state index is -0.359. The quantitative estimate of drug-likeness (QED) is 0.607. The third-order valence-corrected chi connectivity index (χ3v) is 4.88. The van der Waals surface area contributed by atoms with Crippen LogP contribution in [0.1, 0.15) is 39.9 Å². The summed E-state index contributed by atoms with van der Waals surface area (Å²) >= 11 is 0. The van der Waals surface area contributed by atoms with Crippen molar-refractivity contribution in [3.05, 3.63) is 65.0 Å². The van der Waals surface area contributed by atoms with Gasteiger partial charge in [0.05, 0.1) is 25.0 Å². The van der Waals surface area contributed by atoms with Crippen molar-refractivity contribution in [2.45, 2.75) is 33.0 Å². The summed E-state index contributed by atoms with van der Waals surface area (Å²) in [6.07, 6.45) is 6.50. The van der Waals surface area contributed by atoms with Crippen molar-refractivity contribution in [2.75, 3.05) is 13.2 Å². The molecule has 0 aromatic carbocycles. The van der Waals surface area contributed by atoms with Crippen LogP contribution >= 0.6 is 0 Å². The van der Waals surface area contributed by atoms with E-state index in [1.54, 1.807) is 10.9 Å². The predicted octanol–water partition coefficient (Wildman–Crippen LogP) is 1.79. The topological polar surface area (TPSA) is 78.1 Å². The molecular formula is C20H24N6O2. The van der Waals surface area contributed by atoms with E-state index in [1.165, 1.54) is 0 Å². The van der Waals surface area contributed by atoms with Crippen LogP contribution in [0, 0.1) is 0 Å². The number of ether oxygens (including phenoxy) is 1. The van der Waals surface area contributed by atoms with Gasteiger partial charge in [0.2, 0.25) is 0 Å². The van der Waals surface area contributed by atoms with Gasteiger partial charge in [-0.25, -0.2) is 4.79 Å². The second-order valence-corrected chi connectivity index (χ2v) is 6.96. The highest BCUT2D eigenvalue weighted by Crippen LogP contribution is 2.25. The lowest BCUT2D eigenvalue weighted by Crippen LogP contribution is -2.31. The maximum atomic E-state index is 12.5. The Morgan fingerprint density at radius 3 is 2.89 bits per heavy atom. The van der Waals surface area contributed by atoms with Gasteiger partial charge in [-0.15, -0.1) is 0 Å². The molecule has 0 bridgehead atoms. The summed E-state index contributed by atoms with van der Waals surface area (Å²) in [5.74, 6) is -0.359. The third-order valence-electron chi connectivity index (χ3n) is 4.88. The maximum Gasteiger partial charge on any atom is 0.359 e. The Morgan fingerprint density at radius 1 is 1.29 bits per heavy atom. The molecule has 0 aliphatic carbocycles. The van der Waals surface area contributed by atoms with Gasteiger partial charge in [0, 0.05) is 62.3 Å². The maximum absolute atomic E-state index is 12.5. The zero-order chi connectivity index (χ0) is 19.5. The van der Waals surface area contributed by atoms with E-state index < -0.39 is 0 Å². The minimum absolute atomic E-state index is 0.333. The number of hydrogen-bond acceptors (Lipinski definition) is 6. The molecule has 0 unspecified atom stereocenters. The number of carbonyl (C=O) groups is 1. The van der Waals surface area contributed by atoms with Gasteiger partial charge >= 0.3 is 5.97 Å². The molecule has 8 nitrogen and oxygen atoms in total. The van der Waals surface area contributed by atoms with Gasteiger partial charge < -0.3 is 4.74 Å². The third kappa shape index (κ3) is 3.82. The van der Waals surface area contributed by atoms with E-state index in [4.69, 9.17) is 4.74 Å². The first kappa shape index (κ1) is 18.4. The van der Waals surface area contributed by atoms with E-state index in [0.717, 1.165) is 42.0 Å². The Morgan fingerprint density at radius 2 is 2.18 bits per heavy atom. The average Bonchev–Trinajstić information content (AvgIpc) is 3.26. The van der Waals surface area contributed by atoms with Crippen LogP contribution in [0.2, 0.25) is 0 Å². The Bertz CT molecular complexity index is 962. The van der Waals surface area contributed by atoms with Crippen molar-refractivity contribution >= 4 is 5.97 Å². The van der Waals surface area contributed by atoms with Crippen LogP contribution in [-0.2, 0) is 37.8 Å². The molecule has 0 N–H and O–H groups in total. The summed E-state index contributed by atoms with van der Waals surface area (Å²) in [6, 6.07) is 5.82. The van der Waals surface area contributed by atoms with Gasteiger partial charge in [0.1, 0.15) is 0 Å². The zero-order valence-corrected chi connectivity index (χ0v) is 16.2. The number of carbonyl (C=O) groups excluding carboxylic acids is 1. The Hall–Kier alpha value is -3.00. The van der Waals surface area contributed by atoms with Gasteiger partial charge in [-0.1, -0.05) is 6.07 Å². The molecule has 146 valence electrons. The Kier molecular flexibility index (Phi) is 5.21. The summed E-state index contributed by atoms with van der Waals surface area (Å²) in [6.45, 7) is 5.05. The SMILES string of the molecule is CCOC(=O)c1nn(Cc2ccccn2)c2c1CN(Cc1cnn(C)c1)CC2. The molecule has 0 saturated heterocycles. The monoisotopic (exact) mass is 380 g/mol. The van der Waals surface area contributed by atoms with Crippen LogP contribution in [0.3, 0.4) is 0 Å². The minimum Gasteiger partial charge on any atom is -0.461 e. The number of aryl methyl sites for hydroxylation is 1. The van der Waals surface area contributed by atoms with E-state index in [9.17, 15) is 4.79 Å². The molecule has 0 spiro atoms. The molecule has 0 atom stereocenters. The van der Waals surface area contributed by atoms with E-state index in [1.807, 2.05) is 49.2 Å². The number of rotatable bonds is 6. The normalized spacial score (nSPS) is 14.1. The van der Waals surface area contributed by atoms with Crippen molar-refractivity contribution in [3.8, 4) is 0 Å². The lowest BCUT2D eigenvalue weighted by molar-refractivity contribution is 0.0515. The molecule has 3 aromatic heterocycles. The van der Waals surface area contributed by atoms with Crippen molar-refractivity contribution in [2.24, 2.45) is 7.05 Å². The molecule has 4 heterocycles. The number of aromatic nitrogens is 5. The number of esters is 1. The first-order valence-electron chi connectivity index (χ1n) is 9.49. The zero-order valence-electron chi connectivity index (χ0n) is 16.2. The van der Waals surface area contributed by atoms with E-state index in [-0.39, 0.29) is 5.97 Å². The molecule has 0 saturated carbocycles. The smallest absolute Gasteiger partial charge is 0.359 e. The fourth-order valence-corrected chi connectivity index (χ4v) is 3.63. The highest BCUT2D eigenvalue weighted by Gasteiger charge is 2.29.